The third-order valence-electron chi connectivity index (χ3n) is 4.24. The molecule has 1 fully saturated rings. The monoisotopic (exact) mass is 361 g/mol. The number of nitrogens with one attached hydrogen (secondary N) is 1. The Hall–Kier alpha value is -2.22. The summed E-state index contributed by atoms with van der Waals surface area (Å²) >= 11 is 0. The van der Waals surface area contributed by atoms with E-state index in [-0.39, 0.29) is 18.4 Å². The van der Waals surface area contributed by atoms with Crippen LogP contribution in [0, 0.1) is 34.9 Å². The molecule has 3 rings (SSSR count). The van der Waals surface area contributed by atoms with Gasteiger partial charge in [0.1, 0.15) is 11.4 Å². The van der Waals surface area contributed by atoms with Crippen LogP contribution in [0.5, 0.6) is 5.75 Å². The van der Waals surface area contributed by atoms with Crippen molar-refractivity contribution in [3.05, 3.63) is 64.7 Å². The fraction of sp³-hybridized carbons (Fsp3) is 0.294. The smallest absolute Gasteiger partial charge is 0.207 e. The zero-order chi connectivity index (χ0) is 18.2. The van der Waals surface area contributed by atoms with E-state index in [0.717, 1.165) is 6.07 Å². The number of ether oxygens (including phenoxy) is 1. The highest BCUT2D eigenvalue weighted by Crippen LogP contribution is 2.40. The SMILES string of the molecule is Fc1ccccc1C1(Oc2c(F)c(F)c(F)c(F)c2F)CCNCC1. The third kappa shape index (κ3) is 2.95. The van der Waals surface area contributed by atoms with E-state index in [2.05, 4.69) is 5.32 Å². The first-order valence-corrected chi connectivity index (χ1v) is 7.53. The van der Waals surface area contributed by atoms with Crippen LogP contribution in [0.1, 0.15) is 18.4 Å². The maximum absolute atomic E-state index is 14.2. The van der Waals surface area contributed by atoms with Crippen LogP contribution in [0.2, 0.25) is 0 Å². The molecule has 0 spiro atoms. The summed E-state index contributed by atoms with van der Waals surface area (Å²) in [6, 6.07) is 5.43. The molecule has 0 aliphatic carbocycles. The molecular formula is C17H13F6NO. The lowest BCUT2D eigenvalue weighted by Crippen LogP contribution is -2.45. The Kier molecular flexibility index (Phi) is 4.64. The molecule has 134 valence electrons. The van der Waals surface area contributed by atoms with Crippen molar-refractivity contribution in [2.75, 3.05) is 13.1 Å². The lowest BCUT2D eigenvalue weighted by Gasteiger charge is -2.38. The molecule has 0 bridgehead atoms. The Morgan fingerprint density at radius 3 is 1.84 bits per heavy atom. The second-order valence-corrected chi connectivity index (χ2v) is 5.73. The summed E-state index contributed by atoms with van der Waals surface area (Å²) < 4.78 is 87.6. The van der Waals surface area contributed by atoms with Gasteiger partial charge in [-0.3, -0.25) is 0 Å². The van der Waals surface area contributed by atoms with Gasteiger partial charge in [-0.1, -0.05) is 18.2 Å². The van der Waals surface area contributed by atoms with Crippen molar-refractivity contribution in [3.63, 3.8) is 0 Å². The first-order chi connectivity index (χ1) is 11.9. The summed E-state index contributed by atoms with van der Waals surface area (Å²) in [7, 11) is 0. The van der Waals surface area contributed by atoms with Crippen molar-refractivity contribution >= 4 is 0 Å². The van der Waals surface area contributed by atoms with Crippen LogP contribution in [0.3, 0.4) is 0 Å². The van der Waals surface area contributed by atoms with E-state index >= 15 is 0 Å². The van der Waals surface area contributed by atoms with E-state index in [4.69, 9.17) is 4.74 Å². The van der Waals surface area contributed by atoms with Crippen molar-refractivity contribution < 1.29 is 31.1 Å². The molecule has 2 aromatic carbocycles. The molecule has 1 saturated heterocycles. The van der Waals surface area contributed by atoms with Crippen LogP contribution >= 0.6 is 0 Å². The Balaban J connectivity index is 2.14. The Morgan fingerprint density at radius 2 is 1.28 bits per heavy atom. The van der Waals surface area contributed by atoms with Gasteiger partial charge >= 0.3 is 0 Å². The first-order valence-electron chi connectivity index (χ1n) is 7.53. The van der Waals surface area contributed by atoms with Crippen LogP contribution in [0.15, 0.2) is 24.3 Å². The second kappa shape index (κ2) is 6.59. The van der Waals surface area contributed by atoms with Crippen molar-refractivity contribution in [3.8, 4) is 5.75 Å². The van der Waals surface area contributed by atoms with Crippen LogP contribution in [-0.4, -0.2) is 13.1 Å². The van der Waals surface area contributed by atoms with Gasteiger partial charge in [0, 0.05) is 18.4 Å². The normalized spacial score (nSPS) is 16.7. The maximum atomic E-state index is 14.2. The van der Waals surface area contributed by atoms with E-state index in [0.29, 0.717) is 13.1 Å². The molecule has 8 heteroatoms. The summed E-state index contributed by atoms with van der Waals surface area (Å²) in [4.78, 5) is 0. The van der Waals surface area contributed by atoms with Gasteiger partial charge < -0.3 is 10.1 Å². The van der Waals surface area contributed by atoms with Gasteiger partial charge in [-0.15, -0.1) is 0 Å². The number of rotatable bonds is 3. The Labute approximate surface area is 139 Å². The molecule has 25 heavy (non-hydrogen) atoms. The standard InChI is InChI=1S/C17H13F6NO/c18-10-4-2-1-3-9(10)17(5-7-24-8-6-17)25-16-14(22)12(20)11(19)13(21)15(16)23/h1-4,24H,5-8H2. The van der Waals surface area contributed by atoms with E-state index in [9.17, 15) is 26.3 Å². The molecule has 2 nitrogen and oxygen atoms in total. The number of hydrogen-bond donors (Lipinski definition) is 1. The first kappa shape index (κ1) is 17.6. The van der Waals surface area contributed by atoms with E-state index in [1.165, 1.54) is 18.2 Å². The van der Waals surface area contributed by atoms with E-state index < -0.39 is 46.3 Å². The highest BCUT2D eigenvalue weighted by molar-refractivity contribution is 5.33. The van der Waals surface area contributed by atoms with Crippen molar-refractivity contribution in [2.24, 2.45) is 0 Å². The van der Waals surface area contributed by atoms with Gasteiger partial charge in [0.2, 0.25) is 29.1 Å². The van der Waals surface area contributed by atoms with Crippen molar-refractivity contribution in [2.45, 2.75) is 18.4 Å². The predicted molar refractivity (Wildman–Crippen MR) is 77.0 cm³/mol. The van der Waals surface area contributed by atoms with Crippen LogP contribution in [0.25, 0.3) is 0 Å². The quantitative estimate of drug-likeness (QED) is 0.503. The van der Waals surface area contributed by atoms with Gasteiger partial charge in [-0.2, -0.15) is 8.78 Å². The number of benzene rings is 2. The van der Waals surface area contributed by atoms with Gasteiger partial charge in [0.15, 0.2) is 5.75 Å². The molecule has 0 unspecified atom stereocenters. The minimum atomic E-state index is -2.27. The fourth-order valence-corrected chi connectivity index (χ4v) is 2.96. The fourth-order valence-electron chi connectivity index (χ4n) is 2.96. The predicted octanol–water partition coefficient (Wildman–Crippen LogP) is 4.18. The topological polar surface area (TPSA) is 21.3 Å². The molecule has 1 aliphatic heterocycles. The highest BCUT2D eigenvalue weighted by Gasteiger charge is 2.41. The van der Waals surface area contributed by atoms with Gasteiger partial charge in [0.25, 0.3) is 0 Å². The molecule has 1 aliphatic rings. The molecule has 0 amide bonds. The lowest BCUT2D eigenvalue weighted by molar-refractivity contribution is 0.0201. The third-order valence-corrected chi connectivity index (χ3v) is 4.24. The minimum Gasteiger partial charge on any atom is -0.476 e. The Morgan fingerprint density at radius 1 is 0.760 bits per heavy atom. The molecule has 1 N–H and O–H groups in total. The van der Waals surface area contributed by atoms with E-state index in [1.54, 1.807) is 0 Å². The minimum absolute atomic E-state index is 0.000409. The molecule has 1 heterocycles. The van der Waals surface area contributed by atoms with Crippen molar-refractivity contribution in [1.82, 2.24) is 5.32 Å². The average molecular weight is 361 g/mol. The van der Waals surface area contributed by atoms with Crippen LogP contribution in [0.4, 0.5) is 26.3 Å². The maximum Gasteiger partial charge on any atom is 0.207 e. The average Bonchev–Trinajstić information content (AvgIpc) is 2.63. The lowest BCUT2D eigenvalue weighted by atomic mass is 9.84. The van der Waals surface area contributed by atoms with E-state index in [1.807, 2.05) is 0 Å². The number of hydrogen-bond acceptors (Lipinski definition) is 2. The molecular weight excluding hydrogens is 348 g/mol. The van der Waals surface area contributed by atoms with Gasteiger partial charge in [0.05, 0.1) is 0 Å². The molecule has 0 radical (unpaired) electrons. The summed E-state index contributed by atoms with van der Waals surface area (Å²) in [5, 5.41) is 2.98. The molecule has 0 atom stereocenters. The summed E-state index contributed by atoms with van der Waals surface area (Å²) in [6.45, 7) is 0.646. The number of piperidine rings is 1. The van der Waals surface area contributed by atoms with Gasteiger partial charge in [-0.05, 0) is 19.2 Å². The summed E-state index contributed by atoms with van der Waals surface area (Å²) in [6.07, 6.45) is 0.181. The Bertz CT molecular complexity index is 775. The summed E-state index contributed by atoms with van der Waals surface area (Å²) in [5.41, 5.74) is -1.55. The molecule has 0 saturated carbocycles. The van der Waals surface area contributed by atoms with Crippen molar-refractivity contribution in [1.29, 1.82) is 0 Å². The molecule has 2 aromatic rings. The molecule has 0 aromatic heterocycles. The van der Waals surface area contributed by atoms with Crippen LogP contribution < -0.4 is 10.1 Å². The summed E-state index contributed by atoms with van der Waals surface area (Å²) in [5.74, 6) is -12.7. The van der Waals surface area contributed by atoms with Crippen LogP contribution in [-0.2, 0) is 5.60 Å². The zero-order valence-corrected chi connectivity index (χ0v) is 12.8. The highest BCUT2D eigenvalue weighted by atomic mass is 19.2. The number of halogens is 6. The zero-order valence-electron chi connectivity index (χ0n) is 12.8. The largest absolute Gasteiger partial charge is 0.476 e. The van der Waals surface area contributed by atoms with Gasteiger partial charge in [-0.25, -0.2) is 17.6 Å². The second-order valence-electron chi connectivity index (χ2n) is 5.73.